The van der Waals surface area contributed by atoms with Crippen molar-refractivity contribution in [2.24, 2.45) is 5.41 Å². The Morgan fingerprint density at radius 3 is 2.47 bits per heavy atom. The molecule has 1 atom stereocenters. The fourth-order valence-electron chi connectivity index (χ4n) is 2.05. The Morgan fingerprint density at radius 1 is 1.21 bits per heavy atom. The fraction of sp³-hybridized carbons (Fsp3) is 0.625. The predicted octanol–water partition coefficient (Wildman–Crippen LogP) is 5.86. The van der Waals surface area contributed by atoms with E-state index in [0.717, 1.165) is 41.4 Å². The Morgan fingerprint density at radius 2 is 1.89 bits per heavy atom. The zero-order valence-corrected chi connectivity index (χ0v) is 13.9. The second-order valence-electron chi connectivity index (χ2n) is 6.27. The van der Waals surface area contributed by atoms with Gasteiger partial charge in [-0.25, -0.2) is 0 Å². The summed E-state index contributed by atoms with van der Waals surface area (Å²) in [5.74, 6) is 0. The van der Waals surface area contributed by atoms with Crippen LogP contribution in [0.15, 0.2) is 18.2 Å². The lowest BCUT2D eigenvalue weighted by atomic mass is 9.87. The number of nitrogens with one attached hydrogen (secondary N) is 1. The van der Waals surface area contributed by atoms with E-state index in [4.69, 9.17) is 23.2 Å². The third-order valence-corrected chi connectivity index (χ3v) is 3.74. The van der Waals surface area contributed by atoms with Crippen molar-refractivity contribution in [2.75, 3.05) is 6.54 Å². The first kappa shape index (κ1) is 16.8. The highest BCUT2D eigenvalue weighted by molar-refractivity contribution is 6.33. The summed E-state index contributed by atoms with van der Waals surface area (Å²) in [5.41, 5.74) is 1.45. The number of halogens is 2. The lowest BCUT2D eigenvalue weighted by Gasteiger charge is -2.25. The van der Waals surface area contributed by atoms with Crippen LogP contribution in [0.2, 0.25) is 10.0 Å². The van der Waals surface area contributed by atoms with Crippen LogP contribution in [0.1, 0.15) is 58.6 Å². The first-order valence-corrected chi connectivity index (χ1v) is 7.77. The topological polar surface area (TPSA) is 12.0 Å². The standard InChI is InChI=1S/C16H25Cl2N/c1-5-10-19-15(8-9-16(2,3)4)13-11-12(17)6-7-14(13)18/h6-7,11,15,19H,5,8-10H2,1-4H3. The highest BCUT2D eigenvalue weighted by Crippen LogP contribution is 2.32. The van der Waals surface area contributed by atoms with Gasteiger partial charge >= 0.3 is 0 Å². The van der Waals surface area contributed by atoms with Gasteiger partial charge in [0.15, 0.2) is 0 Å². The van der Waals surface area contributed by atoms with Crippen molar-refractivity contribution in [1.29, 1.82) is 0 Å². The number of hydrogen-bond acceptors (Lipinski definition) is 1. The van der Waals surface area contributed by atoms with E-state index in [2.05, 4.69) is 33.0 Å². The Balaban J connectivity index is 2.85. The zero-order chi connectivity index (χ0) is 14.5. The SMILES string of the molecule is CCCNC(CCC(C)(C)C)c1cc(Cl)ccc1Cl. The molecule has 0 aliphatic carbocycles. The van der Waals surface area contributed by atoms with Crippen molar-refractivity contribution >= 4 is 23.2 Å². The predicted molar refractivity (Wildman–Crippen MR) is 86.2 cm³/mol. The molecule has 0 saturated carbocycles. The highest BCUT2D eigenvalue weighted by atomic mass is 35.5. The Hall–Kier alpha value is -0.240. The van der Waals surface area contributed by atoms with Gasteiger partial charge in [-0.2, -0.15) is 0 Å². The van der Waals surface area contributed by atoms with Gasteiger partial charge in [0.25, 0.3) is 0 Å². The molecule has 108 valence electrons. The molecular formula is C16H25Cl2N. The van der Waals surface area contributed by atoms with Crippen LogP contribution in [0.4, 0.5) is 0 Å². The van der Waals surface area contributed by atoms with Crippen molar-refractivity contribution < 1.29 is 0 Å². The van der Waals surface area contributed by atoms with Gasteiger partial charge in [-0.3, -0.25) is 0 Å². The van der Waals surface area contributed by atoms with E-state index in [0.29, 0.717) is 5.41 Å². The molecule has 0 aliphatic rings. The van der Waals surface area contributed by atoms with Gasteiger partial charge in [-0.15, -0.1) is 0 Å². The number of rotatable bonds is 6. The molecule has 1 N–H and O–H groups in total. The molecule has 1 rings (SSSR count). The molecular weight excluding hydrogens is 277 g/mol. The van der Waals surface area contributed by atoms with Crippen LogP contribution >= 0.6 is 23.2 Å². The molecule has 19 heavy (non-hydrogen) atoms. The second kappa shape index (κ2) is 7.52. The minimum Gasteiger partial charge on any atom is -0.310 e. The van der Waals surface area contributed by atoms with Gasteiger partial charge in [-0.05, 0) is 55.0 Å². The second-order valence-corrected chi connectivity index (χ2v) is 7.12. The number of benzene rings is 1. The van der Waals surface area contributed by atoms with Gasteiger partial charge in [-0.1, -0.05) is 50.9 Å². The van der Waals surface area contributed by atoms with Crippen molar-refractivity contribution in [3.8, 4) is 0 Å². The zero-order valence-electron chi connectivity index (χ0n) is 12.4. The van der Waals surface area contributed by atoms with Gasteiger partial charge in [0.05, 0.1) is 0 Å². The maximum Gasteiger partial charge on any atom is 0.0454 e. The van der Waals surface area contributed by atoms with E-state index in [-0.39, 0.29) is 6.04 Å². The monoisotopic (exact) mass is 301 g/mol. The molecule has 1 unspecified atom stereocenters. The lowest BCUT2D eigenvalue weighted by Crippen LogP contribution is -2.24. The summed E-state index contributed by atoms with van der Waals surface area (Å²) in [6.07, 6.45) is 3.34. The Bertz CT molecular complexity index is 396. The Kier molecular flexibility index (Phi) is 6.65. The van der Waals surface area contributed by atoms with Crippen LogP contribution in [0.5, 0.6) is 0 Å². The summed E-state index contributed by atoms with van der Waals surface area (Å²) in [4.78, 5) is 0. The van der Waals surface area contributed by atoms with Crippen LogP contribution in [0.25, 0.3) is 0 Å². The molecule has 0 aromatic heterocycles. The molecule has 3 heteroatoms. The molecule has 0 bridgehead atoms. The summed E-state index contributed by atoms with van der Waals surface area (Å²) < 4.78 is 0. The largest absolute Gasteiger partial charge is 0.310 e. The minimum absolute atomic E-state index is 0.283. The van der Waals surface area contributed by atoms with Crippen molar-refractivity contribution in [1.82, 2.24) is 5.32 Å². The van der Waals surface area contributed by atoms with E-state index in [1.165, 1.54) is 0 Å². The average molecular weight is 302 g/mol. The molecule has 0 heterocycles. The van der Waals surface area contributed by atoms with Crippen molar-refractivity contribution in [3.63, 3.8) is 0 Å². The van der Waals surface area contributed by atoms with Crippen molar-refractivity contribution in [3.05, 3.63) is 33.8 Å². The van der Waals surface area contributed by atoms with Crippen LogP contribution in [0.3, 0.4) is 0 Å². The summed E-state index contributed by atoms with van der Waals surface area (Å²) in [5, 5.41) is 5.13. The van der Waals surface area contributed by atoms with Crippen LogP contribution in [0, 0.1) is 5.41 Å². The van der Waals surface area contributed by atoms with Gasteiger partial charge < -0.3 is 5.32 Å². The normalized spacial score (nSPS) is 13.6. The van der Waals surface area contributed by atoms with Crippen LogP contribution in [-0.4, -0.2) is 6.54 Å². The van der Waals surface area contributed by atoms with E-state index < -0.39 is 0 Å². The molecule has 0 saturated heterocycles. The van der Waals surface area contributed by atoms with Gasteiger partial charge in [0.2, 0.25) is 0 Å². The molecule has 0 spiro atoms. The first-order chi connectivity index (χ1) is 8.83. The molecule has 1 aromatic rings. The Labute approximate surface area is 127 Å². The fourth-order valence-corrected chi connectivity index (χ4v) is 2.47. The third kappa shape index (κ3) is 6.16. The van der Waals surface area contributed by atoms with Gasteiger partial charge in [0, 0.05) is 16.1 Å². The molecule has 0 radical (unpaired) electrons. The molecule has 0 fully saturated rings. The summed E-state index contributed by atoms with van der Waals surface area (Å²) in [6.45, 7) is 9.97. The summed E-state index contributed by atoms with van der Waals surface area (Å²) >= 11 is 12.4. The van der Waals surface area contributed by atoms with Crippen LogP contribution in [-0.2, 0) is 0 Å². The smallest absolute Gasteiger partial charge is 0.0454 e. The molecule has 1 aromatic carbocycles. The highest BCUT2D eigenvalue weighted by Gasteiger charge is 2.18. The van der Waals surface area contributed by atoms with Crippen LogP contribution < -0.4 is 5.32 Å². The number of hydrogen-bond donors (Lipinski definition) is 1. The minimum atomic E-state index is 0.283. The van der Waals surface area contributed by atoms with Crippen molar-refractivity contribution in [2.45, 2.75) is 53.0 Å². The van der Waals surface area contributed by atoms with E-state index in [1.807, 2.05) is 18.2 Å². The maximum atomic E-state index is 6.32. The summed E-state index contributed by atoms with van der Waals surface area (Å²) in [6, 6.07) is 6.00. The maximum absolute atomic E-state index is 6.32. The van der Waals surface area contributed by atoms with E-state index in [9.17, 15) is 0 Å². The van der Waals surface area contributed by atoms with Gasteiger partial charge in [0.1, 0.15) is 0 Å². The molecule has 1 nitrogen and oxygen atoms in total. The first-order valence-electron chi connectivity index (χ1n) is 7.02. The average Bonchev–Trinajstić information content (AvgIpc) is 2.32. The summed E-state index contributed by atoms with van der Waals surface area (Å²) in [7, 11) is 0. The van der Waals surface area contributed by atoms with E-state index >= 15 is 0 Å². The molecule has 0 amide bonds. The van der Waals surface area contributed by atoms with E-state index in [1.54, 1.807) is 0 Å². The lowest BCUT2D eigenvalue weighted by molar-refractivity contribution is 0.332. The third-order valence-electron chi connectivity index (χ3n) is 3.16. The molecule has 0 aliphatic heterocycles. The quantitative estimate of drug-likeness (QED) is 0.694.